The fourth-order valence-corrected chi connectivity index (χ4v) is 5.07. The largest absolute Gasteiger partial charge is 0.374 e. The van der Waals surface area contributed by atoms with Gasteiger partial charge in [-0.1, -0.05) is 0 Å². The van der Waals surface area contributed by atoms with Gasteiger partial charge in [0, 0.05) is 31.0 Å². The summed E-state index contributed by atoms with van der Waals surface area (Å²) in [7, 11) is 2.34. The summed E-state index contributed by atoms with van der Waals surface area (Å²) in [6, 6.07) is 1.48. The molecule has 3 unspecified atom stereocenters. The lowest BCUT2D eigenvalue weighted by molar-refractivity contribution is -0.0920. The highest BCUT2D eigenvalue weighted by Gasteiger charge is 2.42. The Balaban J connectivity index is 1.60. The minimum Gasteiger partial charge on any atom is -0.374 e. The summed E-state index contributed by atoms with van der Waals surface area (Å²) < 4.78 is 6.13. The van der Waals surface area contributed by atoms with Crippen molar-refractivity contribution in [2.75, 3.05) is 38.2 Å². The van der Waals surface area contributed by atoms with Crippen molar-refractivity contribution in [1.29, 1.82) is 0 Å². The number of rotatable bonds is 2. The molecule has 0 aromatic heterocycles. The topological polar surface area (TPSA) is 24.5 Å². The van der Waals surface area contributed by atoms with Crippen LogP contribution in [0.3, 0.4) is 0 Å². The zero-order chi connectivity index (χ0) is 12.4. The van der Waals surface area contributed by atoms with Crippen LogP contribution in [0.1, 0.15) is 32.1 Å². The van der Waals surface area contributed by atoms with Crippen molar-refractivity contribution in [1.82, 2.24) is 10.2 Å². The van der Waals surface area contributed by atoms with E-state index in [4.69, 9.17) is 4.74 Å². The number of likely N-dealkylation sites (N-methyl/N-ethyl adjacent to an activating group) is 1. The Kier molecular flexibility index (Phi) is 4.18. The number of hydrogen-bond acceptors (Lipinski definition) is 4. The number of nitrogens with one attached hydrogen (secondary N) is 1. The monoisotopic (exact) mass is 270 g/mol. The molecule has 1 spiro atoms. The van der Waals surface area contributed by atoms with Crippen LogP contribution in [0.4, 0.5) is 0 Å². The van der Waals surface area contributed by atoms with Crippen molar-refractivity contribution in [3.8, 4) is 0 Å². The van der Waals surface area contributed by atoms with Crippen LogP contribution >= 0.6 is 11.8 Å². The minimum absolute atomic E-state index is 0.226. The average molecular weight is 270 g/mol. The van der Waals surface area contributed by atoms with Crippen molar-refractivity contribution >= 4 is 11.8 Å². The second-order valence-electron chi connectivity index (χ2n) is 6.15. The van der Waals surface area contributed by atoms with Gasteiger partial charge in [0.25, 0.3) is 0 Å². The van der Waals surface area contributed by atoms with Gasteiger partial charge in [0.05, 0.1) is 5.60 Å². The van der Waals surface area contributed by atoms with Crippen molar-refractivity contribution in [2.45, 2.75) is 49.8 Å². The Morgan fingerprint density at radius 3 is 3.00 bits per heavy atom. The van der Waals surface area contributed by atoms with Crippen molar-refractivity contribution in [3.05, 3.63) is 0 Å². The normalized spacial score (nSPS) is 41.7. The van der Waals surface area contributed by atoms with Crippen LogP contribution in [-0.4, -0.2) is 60.8 Å². The van der Waals surface area contributed by atoms with Gasteiger partial charge in [-0.25, -0.2) is 0 Å². The van der Waals surface area contributed by atoms with E-state index in [1.54, 1.807) is 0 Å². The molecule has 0 radical (unpaired) electrons. The van der Waals surface area contributed by atoms with Gasteiger partial charge in [-0.05, 0) is 51.4 Å². The molecule has 3 atom stereocenters. The minimum atomic E-state index is 0.226. The lowest BCUT2D eigenvalue weighted by Crippen LogP contribution is -2.53. The maximum atomic E-state index is 6.13. The highest BCUT2D eigenvalue weighted by atomic mass is 32.2. The standard InChI is InChI=1S/C14H26N2OS/c1-16(13-3-2-6-15-10-13)12-4-7-17-14(9-12)5-8-18-11-14/h12-13,15H,2-11H2,1H3. The highest BCUT2D eigenvalue weighted by Crippen LogP contribution is 2.39. The molecule has 0 saturated carbocycles. The van der Waals surface area contributed by atoms with Crippen molar-refractivity contribution < 1.29 is 4.74 Å². The molecule has 3 nitrogen and oxygen atoms in total. The van der Waals surface area contributed by atoms with Gasteiger partial charge in [0.15, 0.2) is 0 Å². The molecule has 3 heterocycles. The average Bonchev–Trinajstić information content (AvgIpc) is 2.87. The van der Waals surface area contributed by atoms with Gasteiger partial charge in [0.1, 0.15) is 0 Å². The molecule has 3 aliphatic rings. The predicted molar refractivity (Wildman–Crippen MR) is 77.3 cm³/mol. The van der Waals surface area contributed by atoms with Crippen LogP contribution in [0.15, 0.2) is 0 Å². The number of nitrogens with zero attached hydrogens (tertiary/aromatic N) is 1. The molecule has 104 valence electrons. The lowest BCUT2D eigenvalue weighted by atomic mass is 9.88. The Morgan fingerprint density at radius 1 is 1.33 bits per heavy atom. The maximum Gasteiger partial charge on any atom is 0.0795 e. The predicted octanol–water partition coefficient (Wildman–Crippen LogP) is 1.72. The van der Waals surface area contributed by atoms with Crippen molar-refractivity contribution in [3.63, 3.8) is 0 Å². The Labute approximate surface area is 115 Å². The van der Waals surface area contributed by atoms with E-state index in [0.717, 1.165) is 18.7 Å². The van der Waals surface area contributed by atoms with Crippen molar-refractivity contribution in [2.24, 2.45) is 0 Å². The summed E-state index contributed by atoms with van der Waals surface area (Å²) in [4.78, 5) is 2.65. The maximum absolute atomic E-state index is 6.13. The summed E-state index contributed by atoms with van der Waals surface area (Å²) in [6.45, 7) is 3.35. The highest BCUT2D eigenvalue weighted by molar-refractivity contribution is 7.99. The SMILES string of the molecule is CN(C1CCCNC1)C1CCOC2(CCSC2)C1. The first-order valence-corrected chi connectivity index (χ1v) is 8.59. The van der Waals surface area contributed by atoms with Crippen LogP contribution in [0.5, 0.6) is 0 Å². The Hall–Kier alpha value is 0.230. The van der Waals surface area contributed by atoms with Crippen LogP contribution in [0.2, 0.25) is 0 Å². The number of ether oxygens (including phenoxy) is 1. The van der Waals surface area contributed by atoms with E-state index in [1.165, 1.54) is 56.7 Å². The molecule has 1 N–H and O–H groups in total. The van der Waals surface area contributed by atoms with E-state index < -0.39 is 0 Å². The summed E-state index contributed by atoms with van der Waals surface area (Å²) in [5, 5.41) is 3.54. The zero-order valence-corrected chi connectivity index (χ0v) is 12.3. The third-order valence-corrected chi connectivity index (χ3v) is 6.18. The number of piperidine rings is 1. The Bertz CT molecular complexity index is 275. The molecule has 18 heavy (non-hydrogen) atoms. The molecule has 3 rings (SSSR count). The molecule has 0 aliphatic carbocycles. The fraction of sp³-hybridized carbons (Fsp3) is 1.00. The van der Waals surface area contributed by atoms with E-state index in [-0.39, 0.29) is 5.60 Å². The summed E-state index contributed by atoms with van der Waals surface area (Å²) in [6.07, 6.45) is 6.44. The van der Waals surface area contributed by atoms with E-state index in [1.807, 2.05) is 0 Å². The molecule has 3 aliphatic heterocycles. The third kappa shape index (κ3) is 2.72. The van der Waals surface area contributed by atoms with Gasteiger partial charge in [-0.15, -0.1) is 0 Å². The molecule has 0 aromatic rings. The summed E-state index contributed by atoms with van der Waals surface area (Å²) in [5.74, 6) is 2.52. The second-order valence-corrected chi connectivity index (χ2v) is 7.25. The van der Waals surface area contributed by atoms with Gasteiger partial charge >= 0.3 is 0 Å². The Morgan fingerprint density at radius 2 is 2.28 bits per heavy atom. The quantitative estimate of drug-likeness (QED) is 0.826. The van der Waals surface area contributed by atoms with Crippen LogP contribution in [-0.2, 0) is 4.74 Å². The molecular weight excluding hydrogens is 244 g/mol. The van der Waals surface area contributed by atoms with Crippen LogP contribution in [0, 0.1) is 0 Å². The van der Waals surface area contributed by atoms with Gasteiger partial charge in [-0.3, -0.25) is 4.90 Å². The fourth-order valence-electron chi connectivity index (χ4n) is 3.69. The first-order valence-electron chi connectivity index (χ1n) is 7.43. The lowest BCUT2D eigenvalue weighted by Gasteiger charge is -2.44. The molecule has 3 fully saturated rings. The molecule has 4 heteroatoms. The van der Waals surface area contributed by atoms with E-state index in [9.17, 15) is 0 Å². The molecular formula is C14H26N2OS. The number of thioether (sulfide) groups is 1. The first kappa shape index (κ1) is 13.2. The zero-order valence-electron chi connectivity index (χ0n) is 11.5. The molecule has 0 bridgehead atoms. The number of hydrogen-bond donors (Lipinski definition) is 1. The molecule has 0 amide bonds. The van der Waals surface area contributed by atoms with Gasteiger partial charge in [0.2, 0.25) is 0 Å². The van der Waals surface area contributed by atoms with E-state index in [2.05, 4.69) is 29.0 Å². The first-order chi connectivity index (χ1) is 8.79. The van der Waals surface area contributed by atoms with Gasteiger partial charge in [-0.2, -0.15) is 11.8 Å². The summed E-state index contributed by atoms with van der Waals surface area (Å²) in [5.41, 5.74) is 0.226. The van der Waals surface area contributed by atoms with Crippen LogP contribution < -0.4 is 5.32 Å². The van der Waals surface area contributed by atoms with E-state index >= 15 is 0 Å². The molecule has 3 saturated heterocycles. The van der Waals surface area contributed by atoms with Crippen LogP contribution in [0.25, 0.3) is 0 Å². The molecule has 0 aromatic carbocycles. The van der Waals surface area contributed by atoms with E-state index in [0.29, 0.717) is 0 Å². The smallest absolute Gasteiger partial charge is 0.0795 e. The third-order valence-electron chi connectivity index (χ3n) is 4.96. The van der Waals surface area contributed by atoms with Gasteiger partial charge < -0.3 is 10.1 Å². The second kappa shape index (κ2) is 5.70. The summed E-state index contributed by atoms with van der Waals surface area (Å²) >= 11 is 2.07.